The van der Waals surface area contributed by atoms with Crippen molar-refractivity contribution in [1.29, 1.82) is 0 Å². The Labute approximate surface area is 221 Å². The molecule has 0 aliphatic heterocycles. The summed E-state index contributed by atoms with van der Waals surface area (Å²) in [6, 6.07) is 22.2. The summed E-state index contributed by atoms with van der Waals surface area (Å²) in [7, 11) is 0. The molecule has 7 nitrogen and oxygen atoms in total. The molecule has 4 unspecified atom stereocenters. The maximum Gasteiger partial charge on any atom is 0.235 e. The van der Waals surface area contributed by atoms with Crippen LogP contribution in [0.1, 0.15) is 36.0 Å². The second kappa shape index (κ2) is 9.91. The number of carbonyl (C=O) groups is 3. The van der Waals surface area contributed by atoms with Crippen molar-refractivity contribution in [3.8, 4) is 0 Å². The average Bonchev–Trinajstić information content (AvgIpc) is 3.29. The number of hydrogen-bond donors (Lipinski definition) is 4. The number of aromatic amines is 1. The lowest BCUT2D eigenvalue weighted by molar-refractivity contribution is -0.150. The number of aromatic nitrogens is 1. The van der Waals surface area contributed by atoms with Gasteiger partial charge in [-0.25, -0.2) is 0 Å². The largest absolute Gasteiger partial charge is 0.389 e. The van der Waals surface area contributed by atoms with Gasteiger partial charge in [-0.05, 0) is 55.7 Å². The first kappa shape index (κ1) is 25.4. The van der Waals surface area contributed by atoms with Gasteiger partial charge in [0.05, 0.1) is 11.5 Å². The Hall–Kier alpha value is -4.23. The minimum atomic E-state index is -1.67. The maximum atomic E-state index is 13.9. The molecule has 0 spiro atoms. The highest BCUT2D eigenvalue weighted by molar-refractivity contribution is 6.11. The summed E-state index contributed by atoms with van der Waals surface area (Å²) in [5, 5.41) is 18.2. The fourth-order valence-corrected chi connectivity index (χ4v) is 5.68. The number of rotatable bonds is 5. The summed E-state index contributed by atoms with van der Waals surface area (Å²) < 4.78 is 0. The van der Waals surface area contributed by atoms with E-state index in [4.69, 9.17) is 0 Å². The van der Waals surface area contributed by atoms with Gasteiger partial charge in [0.2, 0.25) is 11.8 Å². The summed E-state index contributed by atoms with van der Waals surface area (Å²) in [5.41, 5.74) is 2.72. The van der Waals surface area contributed by atoms with E-state index in [-0.39, 0.29) is 6.42 Å². The molecule has 3 aromatic carbocycles. The van der Waals surface area contributed by atoms with Crippen LogP contribution in [0.3, 0.4) is 0 Å². The number of para-hydroxylation sites is 3. The van der Waals surface area contributed by atoms with Crippen LogP contribution in [0.2, 0.25) is 0 Å². The zero-order valence-electron chi connectivity index (χ0n) is 21.6. The first-order valence-corrected chi connectivity index (χ1v) is 12.7. The van der Waals surface area contributed by atoms with Gasteiger partial charge in [-0.2, -0.15) is 0 Å². The predicted molar refractivity (Wildman–Crippen MR) is 148 cm³/mol. The molecule has 4 atom stereocenters. The van der Waals surface area contributed by atoms with E-state index in [0.29, 0.717) is 16.9 Å². The van der Waals surface area contributed by atoms with Gasteiger partial charge in [-0.15, -0.1) is 0 Å². The van der Waals surface area contributed by atoms with Gasteiger partial charge in [0.15, 0.2) is 0 Å². The van der Waals surface area contributed by atoms with Crippen LogP contribution in [0.5, 0.6) is 0 Å². The van der Waals surface area contributed by atoms with Crippen molar-refractivity contribution >= 4 is 39.9 Å². The molecule has 7 heteroatoms. The second-order valence-corrected chi connectivity index (χ2v) is 10.4. The Bertz CT molecular complexity index is 1540. The summed E-state index contributed by atoms with van der Waals surface area (Å²) >= 11 is 0. The Morgan fingerprint density at radius 2 is 1.42 bits per heavy atom. The molecule has 0 radical (unpaired) electrons. The third-order valence-electron chi connectivity index (χ3n) is 7.62. The number of amides is 2. The highest BCUT2D eigenvalue weighted by Crippen LogP contribution is 2.48. The number of ketones is 1. The molecule has 5 rings (SSSR count). The molecule has 1 aliphatic carbocycles. The van der Waals surface area contributed by atoms with E-state index in [1.54, 1.807) is 18.3 Å². The third kappa shape index (κ3) is 4.61. The first-order chi connectivity index (χ1) is 18.2. The summed E-state index contributed by atoms with van der Waals surface area (Å²) in [5.74, 6) is -4.51. The van der Waals surface area contributed by atoms with Crippen LogP contribution in [0.25, 0.3) is 10.9 Å². The topological polar surface area (TPSA) is 111 Å². The maximum absolute atomic E-state index is 13.9. The van der Waals surface area contributed by atoms with Crippen molar-refractivity contribution in [2.75, 3.05) is 10.6 Å². The molecule has 1 aliphatic rings. The van der Waals surface area contributed by atoms with E-state index in [9.17, 15) is 19.5 Å². The lowest BCUT2D eigenvalue weighted by atomic mass is 9.61. The molecule has 0 saturated heterocycles. The van der Waals surface area contributed by atoms with Gasteiger partial charge in [-0.1, -0.05) is 54.6 Å². The highest BCUT2D eigenvalue weighted by Gasteiger charge is 2.56. The van der Waals surface area contributed by atoms with E-state index in [1.165, 1.54) is 6.92 Å². The highest BCUT2D eigenvalue weighted by atomic mass is 16.3. The van der Waals surface area contributed by atoms with Crippen LogP contribution in [-0.4, -0.2) is 33.3 Å². The molecule has 4 N–H and O–H groups in total. The van der Waals surface area contributed by atoms with Crippen molar-refractivity contribution in [1.82, 2.24) is 4.98 Å². The number of hydrogen-bond acceptors (Lipinski definition) is 4. The minimum Gasteiger partial charge on any atom is -0.389 e. The number of nitrogens with one attached hydrogen (secondary N) is 3. The van der Waals surface area contributed by atoms with E-state index in [2.05, 4.69) is 15.6 Å². The van der Waals surface area contributed by atoms with Crippen molar-refractivity contribution in [3.05, 3.63) is 95.7 Å². The molecule has 2 amide bonds. The smallest absolute Gasteiger partial charge is 0.235 e. The molecule has 1 aromatic heterocycles. The monoisotopic (exact) mass is 509 g/mol. The lowest BCUT2D eigenvalue weighted by Gasteiger charge is -2.44. The molecule has 194 valence electrons. The Morgan fingerprint density at radius 1 is 0.868 bits per heavy atom. The van der Waals surface area contributed by atoms with E-state index < -0.39 is 41.0 Å². The number of Topliss-reactive ketones (excluding diaryl/α,β-unsaturated/α-hetero) is 1. The number of benzene rings is 3. The zero-order chi connectivity index (χ0) is 27.0. The number of aryl methyl sites for hydroxylation is 2. The number of fused-ring (bicyclic) bond motifs is 1. The van der Waals surface area contributed by atoms with E-state index >= 15 is 0 Å². The number of aliphatic hydroxyl groups is 1. The van der Waals surface area contributed by atoms with Crippen LogP contribution in [0.15, 0.2) is 79.0 Å². The Kier molecular flexibility index (Phi) is 6.63. The molecule has 1 saturated carbocycles. The Morgan fingerprint density at radius 3 is 2.05 bits per heavy atom. The van der Waals surface area contributed by atoms with Crippen molar-refractivity contribution in [3.63, 3.8) is 0 Å². The molecule has 0 bridgehead atoms. The van der Waals surface area contributed by atoms with Crippen LogP contribution in [-0.2, 0) is 14.4 Å². The van der Waals surface area contributed by atoms with Crippen LogP contribution in [0.4, 0.5) is 11.4 Å². The van der Waals surface area contributed by atoms with Crippen molar-refractivity contribution < 1.29 is 19.5 Å². The van der Waals surface area contributed by atoms with Gasteiger partial charge in [0, 0.05) is 40.8 Å². The molecular weight excluding hydrogens is 478 g/mol. The first-order valence-electron chi connectivity index (χ1n) is 12.7. The molecule has 38 heavy (non-hydrogen) atoms. The van der Waals surface area contributed by atoms with Gasteiger partial charge in [0.25, 0.3) is 0 Å². The van der Waals surface area contributed by atoms with Crippen LogP contribution >= 0.6 is 0 Å². The molecular formula is C31H31N3O4. The zero-order valence-corrected chi connectivity index (χ0v) is 21.6. The second-order valence-electron chi connectivity index (χ2n) is 10.4. The normalized spacial score (nSPS) is 23.3. The van der Waals surface area contributed by atoms with Crippen LogP contribution < -0.4 is 10.6 Å². The average molecular weight is 510 g/mol. The van der Waals surface area contributed by atoms with Gasteiger partial charge in [0.1, 0.15) is 11.7 Å². The van der Waals surface area contributed by atoms with Crippen molar-refractivity contribution in [2.24, 2.45) is 11.8 Å². The van der Waals surface area contributed by atoms with Gasteiger partial charge in [-0.3, -0.25) is 14.4 Å². The fraction of sp³-hybridized carbons (Fsp3) is 0.258. The summed E-state index contributed by atoms with van der Waals surface area (Å²) in [6.45, 7) is 5.26. The molecule has 4 aromatic rings. The van der Waals surface area contributed by atoms with Gasteiger partial charge < -0.3 is 20.7 Å². The fourth-order valence-electron chi connectivity index (χ4n) is 5.68. The van der Waals surface area contributed by atoms with Crippen molar-refractivity contribution in [2.45, 2.75) is 38.7 Å². The summed E-state index contributed by atoms with van der Waals surface area (Å²) in [4.78, 5) is 44.5. The SMILES string of the molecule is Cc1ccccc1NC(=O)C1C(=O)CC(C)(O)C(C(=O)Nc2ccccc2C)C1c1c[nH]c2ccccc12. The quantitative estimate of drug-likeness (QED) is 0.280. The lowest BCUT2D eigenvalue weighted by Crippen LogP contribution is -2.56. The van der Waals surface area contributed by atoms with E-state index in [1.807, 2.05) is 74.5 Å². The minimum absolute atomic E-state index is 0.316. The van der Waals surface area contributed by atoms with Gasteiger partial charge >= 0.3 is 0 Å². The Balaban J connectivity index is 1.63. The third-order valence-corrected chi connectivity index (χ3v) is 7.62. The van der Waals surface area contributed by atoms with Crippen LogP contribution in [0, 0.1) is 25.7 Å². The number of carbonyl (C=O) groups excluding carboxylic acids is 3. The molecule has 1 heterocycles. The standard InChI is InChI=1S/C31H31N3O4/c1-18-10-4-7-13-22(18)33-29(36)27-25(35)16-31(3,38)28(30(37)34-23-14-8-5-11-19(23)2)26(27)21-17-32-24-15-9-6-12-20(21)24/h4-15,17,26-28,32,38H,16H2,1-3H3,(H,33,36)(H,34,37). The number of H-pyrrole nitrogens is 1. The predicted octanol–water partition coefficient (Wildman–Crippen LogP) is 5.10. The molecule has 1 fully saturated rings. The van der Waals surface area contributed by atoms with E-state index in [0.717, 1.165) is 22.0 Å². The number of anilines is 2. The summed E-state index contributed by atoms with van der Waals surface area (Å²) in [6.07, 6.45) is 1.43.